The summed E-state index contributed by atoms with van der Waals surface area (Å²) >= 11 is 0. The molecule has 3 rings (SSSR count). The number of nitrogens with zero attached hydrogens (tertiary/aromatic N) is 1. The fourth-order valence-corrected chi connectivity index (χ4v) is 3.20. The minimum Gasteiger partial charge on any atom is -0.483 e. The van der Waals surface area contributed by atoms with Crippen LogP contribution in [0.15, 0.2) is 41.8 Å². The number of hydrogen-bond acceptors (Lipinski definition) is 5. The first-order valence-electron chi connectivity index (χ1n) is 7.61. The normalized spacial score (nSPS) is 21.7. The van der Waals surface area contributed by atoms with Crippen LogP contribution in [0.5, 0.6) is 0 Å². The third-order valence-corrected chi connectivity index (χ3v) is 4.52. The van der Waals surface area contributed by atoms with E-state index >= 15 is 0 Å². The van der Waals surface area contributed by atoms with Crippen LogP contribution >= 0.6 is 0 Å². The smallest absolute Gasteiger partial charge is 0.186 e. The zero-order chi connectivity index (χ0) is 15.6. The fourth-order valence-electron chi connectivity index (χ4n) is 3.20. The number of Topliss-reactive ketones (excluding diaryl/α,β-unsaturated/α-hetero) is 1. The summed E-state index contributed by atoms with van der Waals surface area (Å²) in [5.41, 5.74) is 6.61. The Morgan fingerprint density at radius 2 is 1.95 bits per heavy atom. The highest BCUT2D eigenvalue weighted by Crippen LogP contribution is 2.36. The van der Waals surface area contributed by atoms with Crippen LogP contribution in [0.3, 0.4) is 0 Å². The molecule has 2 aliphatic rings. The zero-order valence-electron chi connectivity index (χ0n) is 12.5. The Morgan fingerprint density at radius 3 is 2.59 bits per heavy atom. The third-order valence-electron chi connectivity index (χ3n) is 4.52. The molecule has 0 aliphatic carbocycles. The van der Waals surface area contributed by atoms with Crippen LogP contribution in [0.2, 0.25) is 0 Å². The summed E-state index contributed by atoms with van der Waals surface area (Å²) in [7, 11) is 0. The van der Waals surface area contributed by atoms with Gasteiger partial charge < -0.3 is 15.9 Å². The van der Waals surface area contributed by atoms with Gasteiger partial charge in [-0.05, 0) is 5.56 Å². The van der Waals surface area contributed by atoms with Crippen molar-refractivity contribution in [2.24, 2.45) is 5.73 Å². The van der Waals surface area contributed by atoms with Crippen molar-refractivity contribution in [3.8, 4) is 0 Å². The summed E-state index contributed by atoms with van der Waals surface area (Å²) in [5.74, 6) is 0.133. The second kappa shape index (κ2) is 5.93. The predicted octanol–water partition coefficient (Wildman–Crippen LogP) is 1.83. The van der Waals surface area contributed by atoms with Crippen LogP contribution in [-0.2, 0) is 16.1 Å². The molecule has 1 aromatic rings. The maximum atomic E-state index is 12.0. The van der Waals surface area contributed by atoms with Gasteiger partial charge >= 0.3 is 0 Å². The molecule has 1 spiro atoms. The number of hydrogen-bond donors (Lipinski definition) is 2. The molecule has 0 unspecified atom stereocenters. The maximum absolute atomic E-state index is 12.0. The summed E-state index contributed by atoms with van der Waals surface area (Å²) in [4.78, 5) is 14.4. The molecular formula is C17H21N3O2. The first kappa shape index (κ1) is 14.8. The number of nitrogens with two attached hydrogens (primary N) is 1. The second-order valence-corrected chi connectivity index (χ2v) is 6.07. The average Bonchev–Trinajstić information content (AvgIpc) is 2.54. The number of benzene rings is 1. The van der Waals surface area contributed by atoms with E-state index in [4.69, 9.17) is 15.9 Å². The lowest BCUT2D eigenvalue weighted by molar-refractivity contribution is -0.128. The first-order valence-corrected chi connectivity index (χ1v) is 7.61. The van der Waals surface area contributed by atoms with Crippen LogP contribution in [0.4, 0.5) is 0 Å². The van der Waals surface area contributed by atoms with Crippen molar-refractivity contribution in [2.45, 2.75) is 31.4 Å². The molecule has 1 aromatic carbocycles. The molecule has 5 nitrogen and oxygen atoms in total. The SMILES string of the molecule is N=CC1=C(N)C(=O)CC2(CCN(Cc3ccccc3)CC2)O1. The van der Waals surface area contributed by atoms with Gasteiger partial charge in [0.2, 0.25) is 0 Å². The molecule has 22 heavy (non-hydrogen) atoms. The van der Waals surface area contributed by atoms with Crippen molar-refractivity contribution in [3.63, 3.8) is 0 Å². The monoisotopic (exact) mass is 299 g/mol. The Bertz CT molecular complexity index is 602. The predicted molar refractivity (Wildman–Crippen MR) is 84.4 cm³/mol. The van der Waals surface area contributed by atoms with Crippen molar-refractivity contribution >= 4 is 12.0 Å². The van der Waals surface area contributed by atoms with Crippen LogP contribution < -0.4 is 5.73 Å². The molecule has 1 saturated heterocycles. The zero-order valence-corrected chi connectivity index (χ0v) is 12.5. The van der Waals surface area contributed by atoms with E-state index in [1.807, 2.05) is 18.2 Å². The Hall–Kier alpha value is -2.14. The number of piperidine rings is 1. The quantitative estimate of drug-likeness (QED) is 0.835. The summed E-state index contributed by atoms with van der Waals surface area (Å²) in [6.45, 7) is 2.68. The number of allylic oxidation sites excluding steroid dienone is 2. The van der Waals surface area contributed by atoms with Gasteiger partial charge in [-0.15, -0.1) is 0 Å². The molecule has 0 bridgehead atoms. The van der Waals surface area contributed by atoms with Gasteiger partial charge in [0, 0.05) is 32.5 Å². The number of ketones is 1. The van der Waals surface area contributed by atoms with Gasteiger partial charge in [-0.2, -0.15) is 0 Å². The van der Waals surface area contributed by atoms with Crippen molar-refractivity contribution in [2.75, 3.05) is 13.1 Å². The van der Waals surface area contributed by atoms with E-state index in [0.717, 1.165) is 38.7 Å². The average molecular weight is 299 g/mol. The van der Waals surface area contributed by atoms with Gasteiger partial charge in [0.05, 0.1) is 12.6 Å². The van der Waals surface area contributed by atoms with E-state index in [1.54, 1.807) is 0 Å². The minimum atomic E-state index is -0.472. The molecule has 0 radical (unpaired) electrons. The van der Waals surface area contributed by atoms with Crippen molar-refractivity contribution in [3.05, 3.63) is 47.4 Å². The third kappa shape index (κ3) is 2.90. The highest BCUT2D eigenvalue weighted by molar-refractivity contribution is 6.00. The molecule has 0 atom stereocenters. The van der Waals surface area contributed by atoms with Gasteiger partial charge in [0.1, 0.15) is 11.3 Å². The second-order valence-electron chi connectivity index (χ2n) is 6.07. The van der Waals surface area contributed by atoms with E-state index in [0.29, 0.717) is 6.42 Å². The van der Waals surface area contributed by atoms with E-state index < -0.39 is 5.60 Å². The molecule has 0 amide bonds. The van der Waals surface area contributed by atoms with Crippen LogP contribution in [-0.4, -0.2) is 35.6 Å². The minimum absolute atomic E-state index is 0.0901. The van der Waals surface area contributed by atoms with Gasteiger partial charge in [-0.1, -0.05) is 30.3 Å². The molecular weight excluding hydrogens is 278 g/mol. The van der Waals surface area contributed by atoms with E-state index in [-0.39, 0.29) is 17.2 Å². The lowest BCUT2D eigenvalue weighted by Crippen LogP contribution is -2.49. The van der Waals surface area contributed by atoms with Gasteiger partial charge in [-0.25, -0.2) is 0 Å². The number of ether oxygens (including phenoxy) is 1. The lowest BCUT2D eigenvalue weighted by Gasteiger charge is -2.43. The standard InChI is InChI=1S/C17H21N3O2/c18-11-15-16(19)14(21)10-17(22-15)6-8-20(9-7-17)12-13-4-2-1-3-5-13/h1-5,11,18H,6-10,12,19H2. The Morgan fingerprint density at radius 1 is 1.27 bits per heavy atom. The van der Waals surface area contributed by atoms with E-state index in [2.05, 4.69) is 17.0 Å². The molecule has 0 saturated carbocycles. The summed E-state index contributed by atoms with van der Waals surface area (Å²) in [6.07, 6.45) is 2.95. The number of carbonyl (C=O) groups is 1. The molecule has 0 aromatic heterocycles. The molecule has 116 valence electrons. The Labute approximate surface area is 130 Å². The van der Waals surface area contributed by atoms with E-state index in [9.17, 15) is 4.79 Å². The highest BCUT2D eigenvalue weighted by atomic mass is 16.5. The van der Waals surface area contributed by atoms with Crippen LogP contribution in [0.1, 0.15) is 24.8 Å². The Kier molecular flexibility index (Phi) is 3.98. The van der Waals surface area contributed by atoms with Crippen LogP contribution in [0, 0.1) is 5.41 Å². The van der Waals surface area contributed by atoms with Crippen molar-refractivity contribution in [1.29, 1.82) is 5.41 Å². The summed E-state index contributed by atoms with van der Waals surface area (Å²) in [5, 5.41) is 7.36. The summed E-state index contributed by atoms with van der Waals surface area (Å²) in [6, 6.07) is 10.4. The van der Waals surface area contributed by atoms with Crippen molar-refractivity contribution in [1.82, 2.24) is 4.90 Å². The van der Waals surface area contributed by atoms with E-state index in [1.165, 1.54) is 5.56 Å². The lowest BCUT2D eigenvalue weighted by atomic mass is 9.83. The van der Waals surface area contributed by atoms with Crippen molar-refractivity contribution < 1.29 is 9.53 Å². The van der Waals surface area contributed by atoms with Gasteiger partial charge in [0.25, 0.3) is 0 Å². The molecule has 5 heteroatoms. The van der Waals surface area contributed by atoms with Gasteiger partial charge in [0.15, 0.2) is 11.5 Å². The molecule has 3 N–H and O–H groups in total. The maximum Gasteiger partial charge on any atom is 0.186 e. The van der Waals surface area contributed by atoms with Crippen LogP contribution in [0.25, 0.3) is 0 Å². The summed E-state index contributed by atoms with van der Waals surface area (Å²) < 4.78 is 5.91. The first-order chi connectivity index (χ1) is 10.6. The van der Waals surface area contributed by atoms with Gasteiger partial charge in [-0.3, -0.25) is 9.69 Å². The highest BCUT2D eigenvalue weighted by Gasteiger charge is 2.43. The molecule has 2 heterocycles. The Balaban J connectivity index is 1.64. The molecule has 1 fully saturated rings. The largest absolute Gasteiger partial charge is 0.483 e. The number of nitrogens with one attached hydrogen (secondary N) is 1. The molecule has 2 aliphatic heterocycles. The fraction of sp³-hybridized carbons (Fsp3) is 0.412. The number of rotatable bonds is 3. The number of likely N-dealkylation sites (tertiary alicyclic amines) is 1. The number of carbonyl (C=O) groups excluding carboxylic acids is 1. The topological polar surface area (TPSA) is 79.4 Å².